The minimum atomic E-state index is -0.224. The fourth-order valence-corrected chi connectivity index (χ4v) is 3.86. The van der Waals surface area contributed by atoms with Crippen molar-refractivity contribution in [1.29, 1.82) is 0 Å². The first kappa shape index (κ1) is 21.8. The van der Waals surface area contributed by atoms with Crippen LogP contribution in [0.1, 0.15) is 34.3 Å². The third kappa shape index (κ3) is 5.06. The van der Waals surface area contributed by atoms with E-state index in [1.807, 2.05) is 56.4 Å². The average Bonchev–Trinajstić information content (AvgIpc) is 3.51. The van der Waals surface area contributed by atoms with Crippen LogP contribution < -0.4 is 5.32 Å². The second kappa shape index (κ2) is 9.78. The number of nitrogens with one attached hydrogen (secondary N) is 1. The molecule has 2 aromatic carbocycles. The van der Waals surface area contributed by atoms with Crippen molar-refractivity contribution in [3.63, 3.8) is 0 Å². The number of carbonyl (C=O) groups excluding carboxylic acids is 2. The van der Waals surface area contributed by atoms with E-state index < -0.39 is 0 Å². The fraction of sp³-hybridized carbons (Fsp3) is 0.320. The lowest BCUT2D eigenvalue weighted by Crippen LogP contribution is -2.42. The van der Waals surface area contributed by atoms with Gasteiger partial charge in [-0.05, 0) is 74.2 Å². The summed E-state index contributed by atoms with van der Waals surface area (Å²) in [6, 6.07) is 14.9. The smallest absolute Gasteiger partial charge is 0.254 e. The average molecular weight is 433 g/mol. The maximum Gasteiger partial charge on any atom is 0.254 e. The van der Waals surface area contributed by atoms with E-state index in [0.717, 1.165) is 35.3 Å². The van der Waals surface area contributed by atoms with E-state index in [1.165, 1.54) is 0 Å². The molecule has 0 saturated carbocycles. The number of hydrogen-bond donors (Lipinski definition) is 1. The topological polar surface area (TPSA) is 76.5 Å². The number of carbonyl (C=O) groups is 2. The molecule has 2 heterocycles. The third-order valence-corrected chi connectivity index (χ3v) is 5.83. The van der Waals surface area contributed by atoms with Gasteiger partial charge in [0.25, 0.3) is 5.91 Å². The lowest BCUT2D eigenvalue weighted by atomic mass is 10.1. The molecule has 4 rings (SSSR count). The lowest BCUT2D eigenvalue weighted by molar-refractivity contribution is -0.117. The van der Waals surface area contributed by atoms with Crippen LogP contribution in [0.25, 0.3) is 5.69 Å². The molecule has 7 nitrogen and oxygen atoms in total. The predicted octanol–water partition coefficient (Wildman–Crippen LogP) is 3.75. The highest BCUT2D eigenvalue weighted by molar-refractivity contribution is 5.99. The van der Waals surface area contributed by atoms with E-state index in [4.69, 9.17) is 4.74 Å². The highest BCUT2D eigenvalue weighted by atomic mass is 16.5. The summed E-state index contributed by atoms with van der Waals surface area (Å²) >= 11 is 0. The van der Waals surface area contributed by atoms with Crippen LogP contribution in [0.15, 0.2) is 60.9 Å². The molecule has 1 N–H and O–H groups in total. The summed E-state index contributed by atoms with van der Waals surface area (Å²) in [5, 5.41) is 7.16. The first-order chi connectivity index (χ1) is 15.5. The Bertz CT molecular complexity index is 1070. The minimum absolute atomic E-state index is 0.0347. The molecule has 166 valence electrons. The van der Waals surface area contributed by atoms with E-state index in [1.54, 1.807) is 27.9 Å². The van der Waals surface area contributed by atoms with Crippen molar-refractivity contribution in [3.8, 4) is 5.69 Å². The molecule has 7 heteroatoms. The molecule has 3 aromatic rings. The zero-order valence-electron chi connectivity index (χ0n) is 18.5. The molecule has 0 aliphatic carbocycles. The summed E-state index contributed by atoms with van der Waals surface area (Å²) in [7, 11) is 0. The molecule has 0 bridgehead atoms. The molecular weight excluding hydrogens is 404 g/mol. The Morgan fingerprint density at radius 2 is 1.97 bits per heavy atom. The zero-order valence-corrected chi connectivity index (χ0v) is 18.5. The van der Waals surface area contributed by atoms with Crippen LogP contribution in [0.4, 0.5) is 5.69 Å². The van der Waals surface area contributed by atoms with Gasteiger partial charge in [-0.3, -0.25) is 9.59 Å². The molecule has 1 fully saturated rings. The molecule has 0 spiro atoms. The number of nitrogens with zero attached hydrogens (tertiary/aromatic N) is 3. The highest BCUT2D eigenvalue weighted by Crippen LogP contribution is 2.19. The number of aromatic nitrogens is 2. The maximum atomic E-state index is 13.3. The van der Waals surface area contributed by atoms with Gasteiger partial charge in [0, 0.05) is 36.8 Å². The minimum Gasteiger partial charge on any atom is -0.376 e. The summed E-state index contributed by atoms with van der Waals surface area (Å²) in [5.74, 6) is -0.415. The summed E-state index contributed by atoms with van der Waals surface area (Å²) < 4.78 is 7.47. The molecule has 1 aliphatic rings. The van der Waals surface area contributed by atoms with Crippen molar-refractivity contribution in [2.75, 3.05) is 25.0 Å². The Labute approximate surface area is 188 Å². The van der Waals surface area contributed by atoms with Gasteiger partial charge in [-0.1, -0.05) is 12.1 Å². The lowest BCUT2D eigenvalue weighted by Gasteiger charge is -2.25. The van der Waals surface area contributed by atoms with Crippen molar-refractivity contribution in [1.82, 2.24) is 14.7 Å². The largest absolute Gasteiger partial charge is 0.376 e. The third-order valence-electron chi connectivity index (χ3n) is 5.83. The summed E-state index contributed by atoms with van der Waals surface area (Å²) in [4.78, 5) is 27.7. The van der Waals surface area contributed by atoms with E-state index >= 15 is 0 Å². The van der Waals surface area contributed by atoms with Crippen molar-refractivity contribution in [3.05, 3.63) is 77.6 Å². The van der Waals surface area contributed by atoms with Gasteiger partial charge < -0.3 is 15.0 Å². The van der Waals surface area contributed by atoms with Crippen LogP contribution in [0.2, 0.25) is 0 Å². The summed E-state index contributed by atoms with van der Waals surface area (Å²) in [6.07, 6.45) is 5.37. The van der Waals surface area contributed by atoms with Gasteiger partial charge in [-0.15, -0.1) is 0 Å². The first-order valence-electron chi connectivity index (χ1n) is 10.9. The number of ether oxygens (including phenoxy) is 1. The van der Waals surface area contributed by atoms with Crippen molar-refractivity contribution in [2.24, 2.45) is 0 Å². The van der Waals surface area contributed by atoms with Crippen molar-refractivity contribution in [2.45, 2.75) is 32.8 Å². The van der Waals surface area contributed by atoms with Crippen molar-refractivity contribution >= 4 is 17.5 Å². The Morgan fingerprint density at radius 1 is 1.16 bits per heavy atom. The highest BCUT2D eigenvalue weighted by Gasteiger charge is 2.25. The fourth-order valence-electron chi connectivity index (χ4n) is 3.86. The van der Waals surface area contributed by atoms with Crippen LogP contribution in [0.3, 0.4) is 0 Å². The second-order valence-corrected chi connectivity index (χ2v) is 8.11. The molecule has 1 atom stereocenters. The molecular formula is C25H28N4O3. The summed E-state index contributed by atoms with van der Waals surface area (Å²) in [5.41, 5.74) is 4.28. The van der Waals surface area contributed by atoms with E-state index in [2.05, 4.69) is 10.4 Å². The SMILES string of the molecule is Cc1cccc(NC(=O)CN(C[C@H]2CCCO2)C(=O)c2ccc(-n3cccn3)cc2)c1C. The Balaban J connectivity index is 1.49. The van der Waals surface area contributed by atoms with E-state index in [0.29, 0.717) is 18.7 Å². The molecule has 32 heavy (non-hydrogen) atoms. The Morgan fingerprint density at radius 3 is 2.66 bits per heavy atom. The number of benzene rings is 2. The van der Waals surface area contributed by atoms with Gasteiger partial charge >= 0.3 is 0 Å². The Kier molecular flexibility index (Phi) is 6.66. The number of hydrogen-bond acceptors (Lipinski definition) is 4. The molecule has 0 radical (unpaired) electrons. The molecule has 0 unspecified atom stereocenters. The van der Waals surface area contributed by atoms with E-state index in [-0.39, 0.29) is 24.5 Å². The van der Waals surface area contributed by atoms with Crippen molar-refractivity contribution < 1.29 is 14.3 Å². The monoisotopic (exact) mass is 432 g/mol. The Hall–Kier alpha value is -3.45. The molecule has 1 saturated heterocycles. The van der Waals surface area contributed by atoms with Gasteiger partial charge in [0.15, 0.2) is 0 Å². The van der Waals surface area contributed by atoms with Gasteiger partial charge in [-0.25, -0.2) is 4.68 Å². The van der Waals surface area contributed by atoms with Gasteiger partial charge in [-0.2, -0.15) is 5.10 Å². The number of amides is 2. The number of anilines is 1. The maximum absolute atomic E-state index is 13.3. The number of aryl methyl sites for hydroxylation is 1. The van der Waals surface area contributed by atoms with Crippen LogP contribution in [-0.2, 0) is 9.53 Å². The number of rotatable bonds is 7. The molecule has 1 aliphatic heterocycles. The van der Waals surface area contributed by atoms with E-state index in [9.17, 15) is 9.59 Å². The van der Waals surface area contributed by atoms with Crippen LogP contribution in [-0.4, -0.2) is 52.3 Å². The normalized spacial score (nSPS) is 15.5. The summed E-state index contributed by atoms with van der Waals surface area (Å²) in [6.45, 7) is 5.03. The van der Waals surface area contributed by atoms with Crippen LogP contribution in [0, 0.1) is 13.8 Å². The zero-order chi connectivity index (χ0) is 22.5. The van der Waals surface area contributed by atoms with Gasteiger partial charge in [0.1, 0.15) is 6.54 Å². The second-order valence-electron chi connectivity index (χ2n) is 8.11. The molecule has 1 aromatic heterocycles. The first-order valence-corrected chi connectivity index (χ1v) is 10.9. The quantitative estimate of drug-likeness (QED) is 0.617. The standard InChI is InChI=1S/C25H28N4O3/c1-18-6-3-8-23(19(18)2)27-24(30)17-28(16-22-7-4-15-32-22)25(31)20-9-11-21(12-10-20)29-14-5-13-26-29/h3,5-6,8-14,22H,4,7,15-17H2,1-2H3,(H,27,30)/t22-/m1/s1. The van der Waals surface area contributed by atoms with Crippen LogP contribution in [0.5, 0.6) is 0 Å². The predicted molar refractivity (Wildman–Crippen MR) is 123 cm³/mol. The van der Waals surface area contributed by atoms with Gasteiger partial charge in [0.2, 0.25) is 5.91 Å². The van der Waals surface area contributed by atoms with Gasteiger partial charge in [0.05, 0.1) is 11.8 Å². The van der Waals surface area contributed by atoms with Crippen LogP contribution >= 0.6 is 0 Å². The molecule has 2 amide bonds.